The van der Waals surface area contributed by atoms with Crippen molar-refractivity contribution in [3.8, 4) is 0 Å². The normalized spacial score (nSPS) is 12.6. The summed E-state index contributed by atoms with van der Waals surface area (Å²) in [5.41, 5.74) is 10.9. The molecule has 10 heteroatoms. The van der Waals surface area contributed by atoms with Gasteiger partial charge >= 0.3 is 0 Å². The van der Waals surface area contributed by atoms with Gasteiger partial charge < -0.3 is 11.5 Å². The minimum atomic E-state index is -4.58. The lowest BCUT2D eigenvalue weighted by Gasteiger charge is -2.08. The molecule has 0 aliphatic rings. The van der Waals surface area contributed by atoms with E-state index < -0.39 is 30.0 Å². The number of anilines is 2. The zero-order valence-electron chi connectivity index (χ0n) is 12.1. The molecule has 0 aromatic heterocycles. The summed E-state index contributed by atoms with van der Waals surface area (Å²) < 4.78 is 64.4. The minimum absolute atomic E-state index is 0.0428. The Kier molecular flexibility index (Phi) is 4.67. The molecule has 2 aromatic rings. The molecular formula is C14H14N2O6S2. The summed E-state index contributed by atoms with van der Waals surface area (Å²) in [4.78, 5) is -1.00. The van der Waals surface area contributed by atoms with Crippen molar-refractivity contribution in [2.24, 2.45) is 0 Å². The van der Waals surface area contributed by atoms with Gasteiger partial charge in [-0.05, 0) is 23.3 Å². The highest BCUT2D eigenvalue weighted by Crippen LogP contribution is 2.27. The maximum Gasteiger partial charge on any atom is 0.297 e. The zero-order valence-corrected chi connectivity index (χ0v) is 13.8. The molecule has 0 radical (unpaired) electrons. The van der Waals surface area contributed by atoms with Crippen molar-refractivity contribution in [3.05, 3.63) is 47.5 Å². The third-order valence-electron chi connectivity index (χ3n) is 3.11. The van der Waals surface area contributed by atoms with Gasteiger partial charge in [0.15, 0.2) is 0 Å². The van der Waals surface area contributed by atoms with Crippen LogP contribution in [0.3, 0.4) is 0 Å². The van der Waals surface area contributed by atoms with E-state index in [2.05, 4.69) is 0 Å². The van der Waals surface area contributed by atoms with E-state index >= 15 is 0 Å². The second kappa shape index (κ2) is 6.24. The molecule has 0 saturated carbocycles. The van der Waals surface area contributed by atoms with Gasteiger partial charge in [-0.3, -0.25) is 9.11 Å². The highest BCUT2D eigenvalue weighted by atomic mass is 32.2. The number of hydrogen-bond donors (Lipinski definition) is 4. The predicted octanol–water partition coefficient (Wildman–Crippen LogP) is 1.51. The third kappa shape index (κ3) is 3.74. The van der Waals surface area contributed by atoms with E-state index in [1.807, 2.05) is 0 Å². The maximum absolute atomic E-state index is 11.5. The fourth-order valence-electron chi connectivity index (χ4n) is 2.18. The quantitative estimate of drug-likeness (QED) is 0.358. The van der Waals surface area contributed by atoms with Crippen LogP contribution in [0.25, 0.3) is 12.2 Å². The van der Waals surface area contributed by atoms with E-state index in [1.54, 1.807) is 0 Å². The lowest BCUT2D eigenvalue weighted by Crippen LogP contribution is -2.06. The van der Waals surface area contributed by atoms with Crippen LogP contribution in [0.15, 0.2) is 46.2 Å². The van der Waals surface area contributed by atoms with Gasteiger partial charge in [0.05, 0.1) is 11.4 Å². The van der Waals surface area contributed by atoms with Crippen LogP contribution in [0, 0.1) is 0 Å². The first kappa shape index (κ1) is 17.9. The molecule has 2 rings (SSSR count). The van der Waals surface area contributed by atoms with Crippen molar-refractivity contribution in [2.75, 3.05) is 11.5 Å². The Morgan fingerprint density at radius 3 is 1.33 bits per heavy atom. The Hall–Kier alpha value is -2.40. The molecule has 128 valence electrons. The van der Waals surface area contributed by atoms with Crippen LogP contribution in [0.1, 0.15) is 11.1 Å². The Balaban J connectivity index is 2.64. The Bertz CT molecular complexity index is 944. The average Bonchev–Trinajstić information content (AvgIpc) is 2.42. The molecule has 0 heterocycles. The molecule has 24 heavy (non-hydrogen) atoms. The first-order valence-corrected chi connectivity index (χ1v) is 9.30. The van der Waals surface area contributed by atoms with Gasteiger partial charge in [0.25, 0.3) is 20.2 Å². The Morgan fingerprint density at radius 2 is 1.04 bits per heavy atom. The van der Waals surface area contributed by atoms with Crippen molar-refractivity contribution in [1.82, 2.24) is 0 Å². The number of rotatable bonds is 4. The molecule has 0 unspecified atom stereocenters. The highest BCUT2D eigenvalue weighted by Gasteiger charge is 2.19. The third-order valence-corrected chi connectivity index (χ3v) is 5.08. The summed E-state index contributed by atoms with van der Waals surface area (Å²) in [7, 11) is -9.17. The molecule has 0 aliphatic carbocycles. The summed E-state index contributed by atoms with van der Waals surface area (Å²) >= 11 is 0. The van der Waals surface area contributed by atoms with Crippen LogP contribution in [0.2, 0.25) is 0 Å². The summed E-state index contributed by atoms with van der Waals surface area (Å²) in [5, 5.41) is 0. The molecule has 0 amide bonds. The van der Waals surface area contributed by atoms with Crippen LogP contribution >= 0.6 is 0 Å². The maximum atomic E-state index is 11.5. The largest absolute Gasteiger partial charge is 0.398 e. The average molecular weight is 370 g/mol. The fourth-order valence-corrected chi connectivity index (χ4v) is 3.78. The Labute approximate surface area is 138 Å². The van der Waals surface area contributed by atoms with Crippen LogP contribution in [-0.2, 0) is 20.2 Å². The summed E-state index contributed by atoms with van der Waals surface area (Å²) in [6.07, 6.45) is 2.48. The van der Waals surface area contributed by atoms with Crippen molar-refractivity contribution in [1.29, 1.82) is 0 Å². The van der Waals surface area contributed by atoms with Gasteiger partial charge in [0.1, 0.15) is 9.79 Å². The molecule has 2 aromatic carbocycles. The van der Waals surface area contributed by atoms with Gasteiger partial charge in [0, 0.05) is 0 Å². The molecule has 0 aliphatic heterocycles. The number of benzene rings is 2. The van der Waals surface area contributed by atoms with E-state index in [1.165, 1.54) is 48.6 Å². The van der Waals surface area contributed by atoms with Gasteiger partial charge in [0.2, 0.25) is 0 Å². The smallest absolute Gasteiger partial charge is 0.297 e. The second-order valence-electron chi connectivity index (χ2n) is 4.81. The molecule has 0 fully saturated rings. The van der Waals surface area contributed by atoms with Crippen LogP contribution in [-0.4, -0.2) is 25.9 Å². The molecule has 8 nitrogen and oxygen atoms in total. The lowest BCUT2D eigenvalue weighted by molar-refractivity contribution is 0.481. The molecule has 0 spiro atoms. The van der Waals surface area contributed by atoms with E-state index in [0.29, 0.717) is 0 Å². The molecule has 0 atom stereocenters. The molecular weight excluding hydrogens is 356 g/mol. The van der Waals surface area contributed by atoms with E-state index in [0.717, 1.165) is 0 Å². The van der Waals surface area contributed by atoms with Crippen molar-refractivity contribution in [2.45, 2.75) is 9.79 Å². The second-order valence-corrected chi connectivity index (χ2v) is 7.53. The summed E-state index contributed by atoms with van der Waals surface area (Å²) in [6, 6.07) is 8.26. The minimum Gasteiger partial charge on any atom is -0.398 e. The van der Waals surface area contributed by atoms with E-state index in [-0.39, 0.29) is 22.5 Å². The highest BCUT2D eigenvalue weighted by molar-refractivity contribution is 7.86. The molecule has 6 N–H and O–H groups in total. The first-order chi connectivity index (χ1) is 11.0. The van der Waals surface area contributed by atoms with Gasteiger partial charge in [-0.1, -0.05) is 36.4 Å². The lowest BCUT2D eigenvalue weighted by atomic mass is 10.1. The SMILES string of the molecule is Nc1cccc(C=Cc2cccc(N)c2S(=O)(=O)O)c1S(=O)(=O)O. The molecule has 0 bridgehead atoms. The number of hydrogen-bond acceptors (Lipinski definition) is 6. The molecule has 0 saturated heterocycles. The van der Waals surface area contributed by atoms with Crippen molar-refractivity contribution < 1.29 is 25.9 Å². The predicted molar refractivity (Wildman–Crippen MR) is 90.3 cm³/mol. The van der Waals surface area contributed by atoms with Crippen LogP contribution in [0.4, 0.5) is 11.4 Å². The zero-order chi connectivity index (χ0) is 18.1. The van der Waals surface area contributed by atoms with Crippen molar-refractivity contribution in [3.63, 3.8) is 0 Å². The summed E-state index contributed by atoms with van der Waals surface area (Å²) in [6.45, 7) is 0. The monoisotopic (exact) mass is 370 g/mol. The summed E-state index contributed by atoms with van der Waals surface area (Å²) in [5.74, 6) is 0. The Morgan fingerprint density at radius 1 is 0.708 bits per heavy atom. The van der Waals surface area contributed by atoms with Gasteiger partial charge in [-0.15, -0.1) is 0 Å². The first-order valence-electron chi connectivity index (χ1n) is 6.42. The number of nitrogens with two attached hydrogens (primary N) is 2. The van der Waals surface area contributed by atoms with Crippen molar-refractivity contribution >= 4 is 43.8 Å². The fraction of sp³-hybridized carbons (Fsp3) is 0. The number of nitrogen functional groups attached to an aromatic ring is 2. The van der Waals surface area contributed by atoms with Crippen LogP contribution in [0.5, 0.6) is 0 Å². The van der Waals surface area contributed by atoms with E-state index in [9.17, 15) is 25.9 Å². The van der Waals surface area contributed by atoms with E-state index in [4.69, 9.17) is 11.5 Å². The van der Waals surface area contributed by atoms with Crippen LogP contribution < -0.4 is 11.5 Å². The topological polar surface area (TPSA) is 161 Å². The van der Waals surface area contributed by atoms with Gasteiger partial charge in [-0.2, -0.15) is 16.8 Å². The standard InChI is InChI=1S/C14H14N2O6S2/c15-11-5-1-3-9(13(11)23(17,18)19)7-8-10-4-2-6-12(16)14(10)24(20,21)22/h1-8H,15-16H2,(H,17,18,19)(H,20,21,22). The van der Waals surface area contributed by atoms with Gasteiger partial charge in [-0.25, -0.2) is 0 Å².